The molecule has 3 atom stereocenters. The van der Waals surface area contributed by atoms with Gasteiger partial charge in [-0.2, -0.15) is 0 Å². The van der Waals surface area contributed by atoms with E-state index in [1.54, 1.807) is 0 Å². The van der Waals surface area contributed by atoms with Crippen LogP contribution in [0, 0.1) is 5.92 Å². The van der Waals surface area contributed by atoms with Gasteiger partial charge in [0.25, 0.3) is 0 Å². The zero-order chi connectivity index (χ0) is 11.0. The summed E-state index contributed by atoms with van der Waals surface area (Å²) in [4.78, 5) is 4.46. The molecule has 18 heavy (non-hydrogen) atoms. The highest BCUT2D eigenvalue weighted by Gasteiger charge is 2.39. The van der Waals surface area contributed by atoms with Gasteiger partial charge in [0.1, 0.15) is 11.9 Å². The fraction of sp³-hybridized carbons (Fsp3) is 0.615. The molecule has 0 amide bonds. The normalized spacial score (nSPS) is 28.8. The lowest BCUT2D eigenvalue weighted by Gasteiger charge is -2.41. The summed E-state index contributed by atoms with van der Waals surface area (Å²) >= 11 is 0. The molecule has 102 valence electrons. The maximum atomic E-state index is 6.05. The van der Waals surface area contributed by atoms with Crippen LogP contribution in [0.5, 0.6) is 5.75 Å². The molecule has 3 nitrogen and oxygen atoms in total. The van der Waals surface area contributed by atoms with Crippen LogP contribution in [0.3, 0.4) is 0 Å². The fourth-order valence-electron chi connectivity index (χ4n) is 3.17. The Bertz CT molecular complexity index is 389. The Kier molecular flexibility index (Phi) is 5.70. The van der Waals surface area contributed by atoms with Crippen LogP contribution < -0.4 is 10.5 Å². The predicted octanol–water partition coefficient (Wildman–Crippen LogP) is 2.92. The van der Waals surface area contributed by atoms with Crippen molar-refractivity contribution >= 4 is 24.8 Å². The summed E-state index contributed by atoms with van der Waals surface area (Å²) in [5.74, 6) is 1.94. The molecule has 1 aromatic heterocycles. The lowest BCUT2D eigenvalue weighted by atomic mass is 9.74. The van der Waals surface area contributed by atoms with Gasteiger partial charge < -0.3 is 10.5 Å². The molecule has 0 bridgehead atoms. The molecule has 1 fully saturated rings. The van der Waals surface area contributed by atoms with E-state index in [9.17, 15) is 0 Å². The number of hydrogen-bond acceptors (Lipinski definition) is 3. The second kappa shape index (κ2) is 6.60. The molecule has 0 aromatic carbocycles. The Labute approximate surface area is 120 Å². The van der Waals surface area contributed by atoms with Crippen LogP contribution in [0.15, 0.2) is 18.3 Å². The van der Waals surface area contributed by atoms with Crippen LogP contribution in [0.2, 0.25) is 0 Å². The van der Waals surface area contributed by atoms with Gasteiger partial charge in [-0.25, -0.2) is 0 Å². The Morgan fingerprint density at radius 1 is 1.28 bits per heavy atom. The van der Waals surface area contributed by atoms with E-state index in [2.05, 4.69) is 4.98 Å². The average Bonchev–Trinajstić information content (AvgIpc) is 2.36. The van der Waals surface area contributed by atoms with Crippen molar-refractivity contribution in [3.63, 3.8) is 0 Å². The number of hydrogen-bond donors (Lipinski definition) is 1. The van der Waals surface area contributed by atoms with Crippen LogP contribution in [0.1, 0.15) is 37.3 Å². The van der Waals surface area contributed by atoms with Gasteiger partial charge in [0, 0.05) is 24.6 Å². The molecule has 3 rings (SSSR count). The zero-order valence-electron chi connectivity index (χ0n) is 10.2. The van der Waals surface area contributed by atoms with E-state index in [-0.39, 0.29) is 24.8 Å². The van der Waals surface area contributed by atoms with E-state index in [4.69, 9.17) is 10.5 Å². The largest absolute Gasteiger partial charge is 0.488 e. The Balaban J connectivity index is 0.000000810. The summed E-state index contributed by atoms with van der Waals surface area (Å²) < 4.78 is 6.05. The van der Waals surface area contributed by atoms with Crippen LogP contribution in [0.4, 0.5) is 0 Å². The molecule has 2 aliphatic rings. The van der Waals surface area contributed by atoms with E-state index in [0.717, 1.165) is 11.4 Å². The molecule has 5 heteroatoms. The van der Waals surface area contributed by atoms with Crippen LogP contribution in [-0.2, 0) is 0 Å². The second-order valence-electron chi connectivity index (χ2n) is 4.83. The van der Waals surface area contributed by atoms with Gasteiger partial charge in [-0.3, -0.25) is 4.98 Å². The van der Waals surface area contributed by atoms with E-state index in [1.807, 2.05) is 18.3 Å². The van der Waals surface area contributed by atoms with E-state index >= 15 is 0 Å². The van der Waals surface area contributed by atoms with Crippen molar-refractivity contribution in [2.45, 2.75) is 37.7 Å². The van der Waals surface area contributed by atoms with E-state index in [0.29, 0.717) is 24.5 Å². The molecule has 1 aliphatic heterocycles. The summed E-state index contributed by atoms with van der Waals surface area (Å²) in [6.07, 6.45) is 7.22. The van der Waals surface area contributed by atoms with Crippen molar-refractivity contribution in [2.24, 2.45) is 11.7 Å². The molecule has 2 N–H and O–H groups in total. The number of aromatic nitrogens is 1. The van der Waals surface area contributed by atoms with Gasteiger partial charge in [-0.05, 0) is 31.4 Å². The van der Waals surface area contributed by atoms with Crippen LogP contribution >= 0.6 is 24.8 Å². The molecule has 0 saturated heterocycles. The third-order valence-electron chi connectivity index (χ3n) is 3.95. The Hall–Kier alpha value is -0.510. The molecule has 1 aliphatic carbocycles. The maximum absolute atomic E-state index is 6.05. The van der Waals surface area contributed by atoms with E-state index < -0.39 is 0 Å². The maximum Gasteiger partial charge on any atom is 0.141 e. The van der Waals surface area contributed by atoms with Gasteiger partial charge in [-0.1, -0.05) is 6.42 Å². The van der Waals surface area contributed by atoms with Gasteiger partial charge in [0.2, 0.25) is 0 Å². The molecule has 2 heterocycles. The average molecular weight is 291 g/mol. The van der Waals surface area contributed by atoms with Crippen LogP contribution in [-0.4, -0.2) is 17.6 Å². The number of rotatable bonds is 1. The van der Waals surface area contributed by atoms with E-state index in [1.165, 1.54) is 25.7 Å². The lowest BCUT2D eigenvalue weighted by Crippen LogP contribution is -2.41. The number of nitrogens with two attached hydrogens (primary N) is 1. The van der Waals surface area contributed by atoms with Gasteiger partial charge in [0.15, 0.2) is 0 Å². The van der Waals surface area contributed by atoms with Crippen molar-refractivity contribution in [1.82, 2.24) is 4.98 Å². The Morgan fingerprint density at radius 2 is 2.06 bits per heavy atom. The third kappa shape index (κ3) is 2.58. The number of halogens is 2. The number of ether oxygens (including phenoxy) is 1. The molecule has 0 unspecified atom stereocenters. The minimum Gasteiger partial charge on any atom is -0.488 e. The summed E-state index contributed by atoms with van der Waals surface area (Å²) in [7, 11) is 0. The number of nitrogens with zero attached hydrogens (tertiary/aromatic N) is 1. The first-order chi connectivity index (χ1) is 7.90. The highest BCUT2D eigenvalue weighted by Crippen LogP contribution is 2.44. The molecule has 1 aromatic rings. The minimum atomic E-state index is 0. The Morgan fingerprint density at radius 3 is 2.83 bits per heavy atom. The smallest absolute Gasteiger partial charge is 0.141 e. The second-order valence-corrected chi connectivity index (χ2v) is 4.83. The van der Waals surface area contributed by atoms with Crippen LogP contribution in [0.25, 0.3) is 0 Å². The molecule has 1 saturated carbocycles. The first kappa shape index (κ1) is 15.5. The minimum absolute atomic E-state index is 0. The quantitative estimate of drug-likeness (QED) is 0.865. The highest BCUT2D eigenvalue weighted by molar-refractivity contribution is 5.85. The molecular formula is C13H20Cl2N2O. The first-order valence-corrected chi connectivity index (χ1v) is 6.22. The fourth-order valence-corrected chi connectivity index (χ4v) is 3.17. The van der Waals surface area contributed by atoms with Gasteiger partial charge in [-0.15, -0.1) is 24.8 Å². The predicted molar refractivity (Wildman–Crippen MR) is 76.9 cm³/mol. The van der Waals surface area contributed by atoms with Gasteiger partial charge >= 0.3 is 0 Å². The summed E-state index contributed by atoms with van der Waals surface area (Å²) in [5, 5.41) is 0. The molecule has 0 radical (unpaired) electrons. The topological polar surface area (TPSA) is 48.1 Å². The lowest BCUT2D eigenvalue weighted by molar-refractivity contribution is 0.0550. The van der Waals surface area contributed by atoms with Crippen molar-refractivity contribution in [1.29, 1.82) is 0 Å². The van der Waals surface area contributed by atoms with Crippen molar-refractivity contribution in [3.05, 3.63) is 24.0 Å². The highest BCUT2D eigenvalue weighted by atomic mass is 35.5. The number of pyridine rings is 1. The standard InChI is InChI=1S/C13H18N2O.2ClH/c14-8-10-9-4-1-2-5-11(9)16-12-6-3-7-15-13(10)12;;/h3,6-7,9-11H,1-2,4-5,8,14H2;2*1H/t9-,10-,11+;;/m1../s1. The van der Waals surface area contributed by atoms with Crippen molar-refractivity contribution in [3.8, 4) is 5.75 Å². The molecule has 0 spiro atoms. The third-order valence-corrected chi connectivity index (χ3v) is 3.95. The van der Waals surface area contributed by atoms with Crippen molar-refractivity contribution < 1.29 is 4.74 Å². The first-order valence-electron chi connectivity index (χ1n) is 6.22. The zero-order valence-corrected chi connectivity index (χ0v) is 11.9. The van der Waals surface area contributed by atoms with Crippen molar-refractivity contribution in [2.75, 3.05) is 6.54 Å². The number of fused-ring (bicyclic) bond motifs is 2. The molecular weight excluding hydrogens is 271 g/mol. The van der Waals surface area contributed by atoms with Gasteiger partial charge in [0.05, 0.1) is 5.69 Å². The SMILES string of the molecule is Cl.Cl.NC[C@H]1c2ncccc2O[C@H]2CCCC[C@@H]21. The summed E-state index contributed by atoms with van der Waals surface area (Å²) in [6, 6.07) is 3.96. The monoisotopic (exact) mass is 290 g/mol. The summed E-state index contributed by atoms with van der Waals surface area (Å²) in [6.45, 7) is 0.689. The summed E-state index contributed by atoms with van der Waals surface area (Å²) in [5.41, 5.74) is 7.01.